The van der Waals surface area contributed by atoms with Crippen molar-refractivity contribution < 1.29 is 14.3 Å². The topological polar surface area (TPSA) is 65.1 Å². The third-order valence-corrected chi connectivity index (χ3v) is 6.56. The van der Waals surface area contributed by atoms with Crippen LogP contribution < -0.4 is 15.0 Å². The van der Waals surface area contributed by atoms with Crippen LogP contribution in [0.3, 0.4) is 0 Å². The summed E-state index contributed by atoms with van der Waals surface area (Å²) < 4.78 is 5.53. The number of nitrogens with zero attached hydrogens (tertiary/aromatic N) is 3. The summed E-state index contributed by atoms with van der Waals surface area (Å²) in [5, 5.41) is 3.70. The number of hydrogen-bond donors (Lipinski definition) is 1. The van der Waals surface area contributed by atoms with Crippen LogP contribution >= 0.6 is 11.6 Å². The van der Waals surface area contributed by atoms with E-state index in [4.69, 9.17) is 16.3 Å². The Morgan fingerprint density at radius 2 is 1.64 bits per heavy atom. The molecule has 8 heteroatoms. The molecule has 4 rings (SSSR count). The van der Waals surface area contributed by atoms with Crippen molar-refractivity contribution in [2.75, 3.05) is 57.8 Å². The number of carbonyl (C=O) groups excluding carboxylic acids is 2. The molecule has 2 aliphatic heterocycles. The molecule has 0 spiro atoms. The molecule has 7 nitrogen and oxygen atoms in total. The van der Waals surface area contributed by atoms with Crippen molar-refractivity contribution >= 4 is 29.1 Å². The van der Waals surface area contributed by atoms with Crippen LogP contribution in [0.4, 0.5) is 5.69 Å². The van der Waals surface area contributed by atoms with Gasteiger partial charge in [-0.2, -0.15) is 0 Å². The fourth-order valence-corrected chi connectivity index (χ4v) is 4.45. The largest absolute Gasteiger partial charge is 0.484 e. The lowest BCUT2D eigenvalue weighted by Gasteiger charge is -2.36. The number of benzene rings is 2. The molecular formula is C25H31ClN4O3. The Morgan fingerprint density at radius 3 is 2.33 bits per heavy atom. The minimum Gasteiger partial charge on any atom is -0.484 e. The Labute approximate surface area is 200 Å². The van der Waals surface area contributed by atoms with Crippen LogP contribution in [-0.4, -0.2) is 80.6 Å². The Balaban J connectivity index is 1.28. The van der Waals surface area contributed by atoms with E-state index in [-0.39, 0.29) is 24.5 Å². The first-order chi connectivity index (χ1) is 16.0. The highest BCUT2D eigenvalue weighted by Gasteiger charge is 2.27. The summed E-state index contributed by atoms with van der Waals surface area (Å²) in [6.07, 6.45) is 1.65. The maximum absolute atomic E-state index is 13.2. The first-order valence-corrected chi connectivity index (χ1v) is 11.9. The molecule has 0 aromatic heterocycles. The van der Waals surface area contributed by atoms with E-state index in [1.807, 2.05) is 29.2 Å². The molecule has 2 amide bonds. The van der Waals surface area contributed by atoms with Gasteiger partial charge in [0.25, 0.3) is 11.8 Å². The number of rotatable bonds is 6. The first kappa shape index (κ1) is 23.4. The third-order valence-electron chi connectivity index (χ3n) is 6.31. The average Bonchev–Trinajstić information content (AvgIpc) is 2.84. The second-order valence-corrected chi connectivity index (χ2v) is 9.12. The Kier molecular flexibility index (Phi) is 7.73. The normalized spacial score (nSPS) is 17.6. The molecule has 33 heavy (non-hydrogen) atoms. The van der Waals surface area contributed by atoms with Gasteiger partial charge in [0.2, 0.25) is 0 Å². The van der Waals surface area contributed by atoms with Gasteiger partial charge in [-0.15, -0.1) is 0 Å². The fourth-order valence-electron chi connectivity index (χ4n) is 4.32. The van der Waals surface area contributed by atoms with Crippen molar-refractivity contribution in [1.82, 2.24) is 15.1 Å². The molecule has 176 valence electrons. The standard InChI is InChI=1S/C25H31ClN4O3/c1-28-14-16-30(17-15-28)25(32)22-4-2-3-5-23(22)29-12-10-20(11-13-29)27-24(31)18-33-21-8-6-19(26)7-9-21/h2-9,20H,10-18H2,1H3,(H,27,31). The average molecular weight is 471 g/mol. The SMILES string of the molecule is CN1CCN(C(=O)c2ccccc2N2CCC(NC(=O)COc3ccc(Cl)cc3)CC2)CC1. The number of nitrogens with one attached hydrogen (secondary N) is 1. The van der Waals surface area contributed by atoms with E-state index in [0.717, 1.165) is 63.4 Å². The van der Waals surface area contributed by atoms with Crippen molar-refractivity contribution in [1.29, 1.82) is 0 Å². The molecule has 0 bridgehead atoms. The fraction of sp³-hybridized carbons (Fsp3) is 0.440. The number of ether oxygens (including phenoxy) is 1. The van der Waals surface area contributed by atoms with Crippen molar-refractivity contribution in [3.05, 3.63) is 59.1 Å². The van der Waals surface area contributed by atoms with Crippen molar-refractivity contribution in [2.45, 2.75) is 18.9 Å². The summed E-state index contributed by atoms with van der Waals surface area (Å²) in [5.41, 5.74) is 1.75. The number of amides is 2. The van der Waals surface area contributed by atoms with Crippen LogP contribution in [0.1, 0.15) is 23.2 Å². The molecule has 2 aliphatic rings. The highest BCUT2D eigenvalue weighted by molar-refractivity contribution is 6.30. The number of piperidine rings is 1. The highest BCUT2D eigenvalue weighted by Crippen LogP contribution is 2.26. The lowest BCUT2D eigenvalue weighted by molar-refractivity contribution is -0.123. The van der Waals surface area contributed by atoms with Crippen molar-refractivity contribution in [2.24, 2.45) is 0 Å². The van der Waals surface area contributed by atoms with Crippen molar-refractivity contribution in [3.8, 4) is 5.75 Å². The van der Waals surface area contributed by atoms with E-state index in [0.29, 0.717) is 10.8 Å². The van der Waals surface area contributed by atoms with E-state index < -0.39 is 0 Å². The number of hydrogen-bond acceptors (Lipinski definition) is 5. The molecule has 1 N–H and O–H groups in total. The molecule has 2 aromatic rings. The van der Waals surface area contributed by atoms with Gasteiger partial charge in [-0.1, -0.05) is 23.7 Å². The van der Waals surface area contributed by atoms with Gasteiger partial charge >= 0.3 is 0 Å². The van der Waals surface area contributed by atoms with Crippen molar-refractivity contribution in [3.63, 3.8) is 0 Å². The zero-order valence-electron chi connectivity index (χ0n) is 19.0. The summed E-state index contributed by atoms with van der Waals surface area (Å²) in [6.45, 7) is 4.88. The Hall–Kier alpha value is -2.77. The van der Waals surface area contributed by atoms with Gasteiger partial charge in [0.15, 0.2) is 6.61 Å². The Bertz CT molecular complexity index is 952. The van der Waals surface area contributed by atoms with Gasteiger partial charge in [-0.25, -0.2) is 0 Å². The molecule has 2 aromatic carbocycles. The summed E-state index contributed by atoms with van der Waals surface area (Å²) in [6, 6.07) is 14.9. The zero-order chi connectivity index (χ0) is 23.2. The Morgan fingerprint density at radius 1 is 0.970 bits per heavy atom. The second kappa shape index (κ2) is 10.9. The predicted octanol–water partition coefficient (Wildman–Crippen LogP) is 2.89. The molecule has 0 aliphatic carbocycles. The van der Waals surface area contributed by atoms with Gasteiger partial charge < -0.3 is 24.8 Å². The van der Waals surface area contributed by atoms with Gasteiger partial charge in [0.1, 0.15) is 5.75 Å². The minimum atomic E-state index is -0.131. The van der Waals surface area contributed by atoms with Crippen LogP contribution in [0.25, 0.3) is 0 Å². The van der Waals surface area contributed by atoms with E-state index in [9.17, 15) is 9.59 Å². The molecule has 0 radical (unpaired) electrons. The highest BCUT2D eigenvalue weighted by atomic mass is 35.5. The summed E-state index contributed by atoms with van der Waals surface area (Å²) in [4.78, 5) is 32.0. The van der Waals surface area contributed by atoms with Crippen LogP contribution in [-0.2, 0) is 4.79 Å². The number of para-hydroxylation sites is 1. The molecule has 2 saturated heterocycles. The summed E-state index contributed by atoms with van der Waals surface area (Å²) in [7, 11) is 2.09. The predicted molar refractivity (Wildman–Crippen MR) is 130 cm³/mol. The van der Waals surface area contributed by atoms with E-state index >= 15 is 0 Å². The maximum Gasteiger partial charge on any atom is 0.258 e. The smallest absolute Gasteiger partial charge is 0.258 e. The van der Waals surface area contributed by atoms with Gasteiger partial charge in [0, 0.05) is 56.0 Å². The van der Waals surface area contributed by atoms with Crippen LogP contribution in [0.2, 0.25) is 5.02 Å². The quantitative estimate of drug-likeness (QED) is 0.703. The number of likely N-dealkylation sites (N-methyl/N-ethyl adjacent to an activating group) is 1. The zero-order valence-corrected chi connectivity index (χ0v) is 19.8. The monoisotopic (exact) mass is 470 g/mol. The van der Waals surface area contributed by atoms with Gasteiger partial charge in [0.05, 0.1) is 5.56 Å². The third kappa shape index (κ3) is 6.18. The summed E-state index contributed by atoms with van der Waals surface area (Å²) >= 11 is 5.87. The number of halogens is 1. The van der Waals surface area contributed by atoms with E-state index in [1.54, 1.807) is 24.3 Å². The lowest BCUT2D eigenvalue weighted by Crippen LogP contribution is -2.48. The van der Waals surface area contributed by atoms with E-state index in [1.165, 1.54) is 0 Å². The maximum atomic E-state index is 13.2. The number of anilines is 1. The van der Waals surface area contributed by atoms with Crippen LogP contribution in [0.5, 0.6) is 5.75 Å². The van der Waals surface area contributed by atoms with Crippen LogP contribution in [0, 0.1) is 0 Å². The van der Waals surface area contributed by atoms with Gasteiger partial charge in [-0.3, -0.25) is 9.59 Å². The van der Waals surface area contributed by atoms with E-state index in [2.05, 4.69) is 22.2 Å². The number of carbonyl (C=O) groups is 2. The molecule has 0 saturated carbocycles. The molecule has 0 unspecified atom stereocenters. The number of piperazine rings is 1. The molecule has 2 heterocycles. The van der Waals surface area contributed by atoms with Crippen LogP contribution in [0.15, 0.2) is 48.5 Å². The lowest BCUT2D eigenvalue weighted by atomic mass is 10.0. The minimum absolute atomic E-state index is 0.0236. The second-order valence-electron chi connectivity index (χ2n) is 8.68. The molecule has 2 fully saturated rings. The summed E-state index contributed by atoms with van der Waals surface area (Å²) in [5.74, 6) is 0.591. The molecule has 0 atom stereocenters. The molecular weight excluding hydrogens is 440 g/mol. The first-order valence-electron chi connectivity index (χ1n) is 11.5. The van der Waals surface area contributed by atoms with Gasteiger partial charge in [-0.05, 0) is 56.3 Å².